The van der Waals surface area contributed by atoms with E-state index < -0.39 is 0 Å². The summed E-state index contributed by atoms with van der Waals surface area (Å²) in [6.45, 7) is 9.16. The molecule has 3 rings (SSSR count). The summed E-state index contributed by atoms with van der Waals surface area (Å²) in [5.74, 6) is 0.455. The van der Waals surface area contributed by atoms with Crippen LogP contribution in [0.2, 0.25) is 0 Å². The zero-order chi connectivity index (χ0) is 22.4. The first kappa shape index (κ1) is 28.4. The Bertz CT molecular complexity index is 1040. The summed E-state index contributed by atoms with van der Waals surface area (Å²) in [4.78, 5) is 17.6. The van der Waals surface area contributed by atoms with Crippen LogP contribution < -0.4 is 16.4 Å². The van der Waals surface area contributed by atoms with Crippen LogP contribution >= 0.6 is 24.8 Å². The highest BCUT2D eigenvalue weighted by atomic mass is 35.5. The maximum Gasteiger partial charge on any atom is 0.319 e. The molecular formula is C26H34Cl2N4O. The van der Waals surface area contributed by atoms with Gasteiger partial charge in [0.15, 0.2) is 0 Å². The van der Waals surface area contributed by atoms with Crippen molar-refractivity contribution in [3.63, 3.8) is 0 Å². The van der Waals surface area contributed by atoms with Crippen molar-refractivity contribution in [1.82, 2.24) is 10.3 Å². The fourth-order valence-electron chi connectivity index (χ4n) is 3.70. The summed E-state index contributed by atoms with van der Waals surface area (Å²) < 4.78 is 0. The third kappa shape index (κ3) is 7.46. The topological polar surface area (TPSA) is 80.0 Å². The average Bonchev–Trinajstić information content (AvgIpc) is 2.75. The predicted molar refractivity (Wildman–Crippen MR) is 142 cm³/mol. The SMILES string of the molecule is Cc1ccc(-c2c(CN)c(CC(C)C)nc(C)c2NC(=O)NCc2ccccc2)cc1.Cl.Cl. The van der Waals surface area contributed by atoms with Crippen LogP contribution in [0, 0.1) is 19.8 Å². The lowest BCUT2D eigenvalue weighted by atomic mass is 9.92. The number of nitrogens with one attached hydrogen (secondary N) is 2. The molecule has 2 amide bonds. The molecule has 5 nitrogen and oxygen atoms in total. The number of hydrogen-bond donors (Lipinski definition) is 3. The molecule has 33 heavy (non-hydrogen) atoms. The molecule has 0 radical (unpaired) electrons. The van der Waals surface area contributed by atoms with Crippen LogP contribution in [0.25, 0.3) is 11.1 Å². The molecule has 7 heteroatoms. The number of aromatic nitrogens is 1. The molecule has 3 aromatic rings. The number of urea groups is 1. The van der Waals surface area contributed by atoms with E-state index in [4.69, 9.17) is 10.7 Å². The Morgan fingerprint density at radius 1 is 1.00 bits per heavy atom. The Morgan fingerprint density at radius 3 is 2.21 bits per heavy atom. The van der Waals surface area contributed by atoms with Crippen molar-refractivity contribution in [2.45, 2.75) is 47.2 Å². The Morgan fingerprint density at radius 2 is 1.64 bits per heavy atom. The minimum Gasteiger partial charge on any atom is -0.334 e. The van der Waals surface area contributed by atoms with Gasteiger partial charge < -0.3 is 16.4 Å². The van der Waals surface area contributed by atoms with E-state index >= 15 is 0 Å². The Hall–Kier alpha value is -2.60. The van der Waals surface area contributed by atoms with E-state index in [1.165, 1.54) is 5.56 Å². The zero-order valence-electron chi connectivity index (χ0n) is 19.6. The highest BCUT2D eigenvalue weighted by molar-refractivity contribution is 5.96. The van der Waals surface area contributed by atoms with Crippen LogP contribution in [-0.4, -0.2) is 11.0 Å². The van der Waals surface area contributed by atoms with Crippen LogP contribution in [0.4, 0.5) is 10.5 Å². The Balaban J connectivity index is 0.00000272. The average molecular weight is 489 g/mol. The molecule has 0 unspecified atom stereocenters. The van der Waals surface area contributed by atoms with Gasteiger partial charge in [-0.2, -0.15) is 0 Å². The van der Waals surface area contributed by atoms with E-state index in [1.807, 2.05) is 37.3 Å². The number of benzene rings is 2. The lowest BCUT2D eigenvalue weighted by Gasteiger charge is -2.21. The van der Waals surface area contributed by atoms with Gasteiger partial charge in [-0.15, -0.1) is 24.8 Å². The second-order valence-electron chi connectivity index (χ2n) is 8.33. The lowest BCUT2D eigenvalue weighted by Crippen LogP contribution is -2.29. The van der Waals surface area contributed by atoms with E-state index in [9.17, 15) is 4.79 Å². The third-order valence-electron chi connectivity index (χ3n) is 5.24. The van der Waals surface area contributed by atoms with Gasteiger partial charge in [-0.05, 0) is 42.9 Å². The molecule has 0 bridgehead atoms. The molecule has 0 fully saturated rings. The van der Waals surface area contributed by atoms with Crippen molar-refractivity contribution in [3.8, 4) is 11.1 Å². The fourth-order valence-corrected chi connectivity index (χ4v) is 3.70. The van der Waals surface area contributed by atoms with Crippen LogP contribution in [0.3, 0.4) is 0 Å². The van der Waals surface area contributed by atoms with Gasteiger partial charge in [-0.1, -0.05) is 74.0 Å². The monoisotopic (exact) mass is 488 g/mol. The van der Waals surface area contributed by atoms with Gasteiger partial charge in [0, 0.05) is 24.3 Å². The standard InChI is InChI=1S/C26H32N4O.2ClH/c1-17(2)14-23-22(15-27)24(21-12-10-18(3)11-13-21)25(19(4)29-23)30-26(31)28-16-20-8-6-5-7-9-20;;/h5-13,17H,14-16,27H2,1-4H3,(H2,28,30,31);2*1H. The minimum absolute atomic E-state index is 0. The van der Waals surface area contributed by atoms with E-state index in [0.717, 1.165) is 40.1 Å². The molecule has 0 spiro atoms. The van der Waals surface area contributed by atoms with E-state index in [1.54, 1.807) is 0 Å². The van der Waals surface area contributed by atoms with Gasteiger partial charge in [-0.25, -0.2) is 4.79 Å². The van der Waals surface area contributed by atoms with Crippen LogP contribution in [0.15, 0.2) is 54.6 Å². The molecule has 0 saturated heterocycles. The van der Waals surface area contributed by atoms with Gasteiger partial charge in [0.25, 0.3) is 0 Å². The summed E-state index contributed by atoms with van der Waals surface area (Å²) in [5, 5.41) is 5.99. The number of rotatable bonds is 7. The molecule has 1 aromatic heterocycles. The second-order valence-corrected chi connectivity index (χ2v) is 8.33. The fraction of sp³-hybridized carbons (Fsp3) is 0.308. The number of hydrogen-bond acceptors (Lipinski definition) is 3. The molecule has 0 saturated carbocycles. The normalized spacial score (nSPS) is 10.2. The minimum atomic E-state index is -0.262. The van der Waals surface area contributed by atoms with Crippen LogP contribution in [-0.2, 0) is 19.5 Å². The lowest BCUT2D eigenvalue weighted by molar-refractivity contribution is 0.251. The van der Waals surface area contributed by atoms with Crippen molar-refractivity contribution in [1.29, 1.82) is 0 Å². The van der Waals surface area contributed by atoms with Crippen molar-refractivity contribution in [2.75, 3.05) is 5.32 Å². The predicted octanol–water partition coefficient (Wildman–Crippen LogP) is 6.19. The van der Waals surface area contributed by atoms with E-state index in [-0.39, 0.29) is 30.8 Å². The maximum absolute atomic E-state index is 12.8. The Kier molecular flexibility index (Phi) is 11.4. The number of amides is 2. The molecule has 0 aliphatic carbocycles. The number of pyridine rings is 1. The number of carbonyl (C=O) groups excluding carboxylic acids is 1. The first-order valence-corrected chi connectivity index (χ1v) is 10.8. The van der Waals surface area contributed by atoms with Crippen molar-refractivity contribution in [3.05, 3.63) is 82.7 Å². The molecule has 178 valence electrons. The maximum atomic E-state index is 12.8. The smallest absolute Gasteiger partial charge is 0.319 e. The Labute approximate surface area is 209 Å². The highest BCUT2D eigenvalue weighted by Gasteiger charge is 2.20. The van der Waals surface area contributed by atoms with Crippen molar-refractivity contribution < 1.29 is 4.79 Å². The van der Waals surface area contributed by atoms with E-state index in [2.05, 4.69) is 55.7 Å². The molecule has 0 aliphatic heterocycles. The van der Waals surface area contributed by atoms with Crippen LogP contribution in [0.1, 0.15) is 41.9 Å². The molecule has 0 aliphatic rings. The van der Waals surface area contributed by atoms with Crippen molar-refractivity contribution in [2.24, 2.45) is 11.7 Å². The number of nitrogens with zero attached hydrogens (tertiary/aromatic N) is 1. The summed E-state index contributed by atoms with van der Waals surface area (Å²) in [7, 11) is 0. The third-order valence-corrected chi connectivity index (χ3v) is 5.24. The quantitative estimate of drug-likeness (QED) is 0.370. The molecule has 4 N–H and O–H groups in total. The molecular weight excluding hydrogens is 455 g/mol. The van der Waals surface area contributed by atoms with E-state index in [0.29, 0.717) is 24.7 Å². The summed E-state index contributed by atoms with van der Waals surface area (Å²) in [5.41, 5.74) is 13.9. The number of aryl methyl sites for hydroxylation is 2. The largest absolute Gasteiger partial charge is 0.334 e. The molecule has 0 atom stereocenters. The van der Waals surface area contributed by atoms with Crippen molar-refractivity contribution >= 4 is 36.5 Å². The van der Waals surface area contributed by atoms with Gasteiger partial charge >= 0.3 is 6.03 Å². The second kappa shape index (κ2) is 13.2. The number of anilines is 1. The number of halogens is 2. The number of carbonyl (C=O) groups is 1. The number of nitrogens with two attached hydrogens (primary N) is 1. The molecule has 2 aromatic carbocycles. The first-order valence-electron chi connectivity index (χ1n) is 10.8. The van der Waals surface area contributed by atoms with Gasteiger partial charge in [0.05, 0.1) is 11.4 Å². The molecule has 1 heterocycles. The summed E-state index contributed by atoms with van der Waals surface area (Å²) in [6.07, 6.45) is 0.840. The van der Waals surface area contributed by atoms with Crippen LogP contribution in [0.5, 0.6) is 0 Å². The zero-order valence-corrected chi connectivity index (χ0v) is 21.3. The summed E-state index contributed by atoms with van der Waals surface area (Å²) in [6, 6.07) is 17.9. The first-order chi connectivity index (χ1) is 14.9. The van der Waals surface area contributed by atoms with Gasteiger partial charge in [0.1, 0.15) is 0 Å². The highest BCUT2D eigenvalue weighted by Crippen LogP contribution is 2.36. The van der Waals surface area contributed by atoms with Gasteiger partial charge in [0.2, 0.25) is 0 Å². The van der Waals surface area contributed by atoms with Gasteiger partial charge in [-0.3, -0.25) is 4.98 Å². The summed E-state index contributed by atoms with van der Waals surface area (Å²) >= 11 is 0.